The summed E-state index contributed by atoms with van der Waals surface area (Å²) in [6, 6.07) is -1.42. The van der Waals surface area contributed by atoms with Crippen LogP contribution in [0, 0.1) is 5.92 Å². The molecule has 5 nitrogen and oxygen atoms in total. The van der Waals surface area contributed by atoms with E-state index in [2.05, 4.69) is 0 Å². The largest absolute Gasteiger partial charge is 0.481 e. The van der Waals surface area contributed by atoms with Crippen LogP contribution in [0.1, 0.15) is 26.2 Å². The normalized spacial score (nSPS) is 29.2. The van der Waals surface area contributed by atoms with E-state index < -0.39 is 35.7 Å². The number of carboxylic acids is 1. The van der Waals surface area contributed by atoms with Gasteiger partial charge in [0.05, 0.1) is 5.92 Å². The molecule has 1 saturated heterocycles. The predicted molar refractivity (Wildman–Crippen MR) is 58.5 cm³/mol. The molecule has 8 heteroatoms. The second kappa shape index (κ2) is 4.28. The first kappa shape index (κ1) is 14.0. The number of carboxylic acid groups (broad SMARTS) is 1. The van der Waals surface area contributed by atoms with Gasteiger partial charge in [0.25, 0.3) is 0 Å². The minimum atomic E-state index is -4.46. The number of carbonyl (C=O) groups is 2. The molecule has 2 atom stereocenters. The van der Waals surface area contributed by atoms with E-state index in [0.29, 0.717) is 0 Å². The van der Waals surface area contributed by atoms with Gasteiger partial charge in [0.15, 0.2) is 0 Å². The minimum Gasteiger partial charge on any atom is -0.481 e. The standard InChI is InChI=1S/C11H15F3N2O3/c1-6-7(8(17)18)2-5-16(6)9(19)15-10(3-4-10)11(12,13)14/h6-7H,2-5H2,1H3,(H,15,19)(H,17,18). The third kappa shape index (κ3) is 2.35. The molecule has 0 spiro atoms. The molecule has 1 aliphatic heterocycles. The van der Waals surface area contributed by atoms with Gasteiger partial charge in [0.2, 0.25) is 0 Å². The maximum atomic E-state index is 12.7. The molecule has 0 bridgehead atoms. The highest BCUT2D eigenvalue weighted by molar-refractivity contribution is 5.79. The number of urea groups is 1. The molecule has 0 radical (unpaired) electrons. The van der Waals surface area contributed by atoms with Crippen LogP contribution in [0.15, 0.2) is 0 Å². The molecular weight excluding hydrogens is 265 g/mol. The number of likely N-dealkylation sites (tertiary alicyclic amines) is 1. The van der Waals surface area contributed by atoms with E-state index in [4.69, 9.17) is 5.11 Å². The molecule has 2 unspecified atom stereocenters. The third-order valence-electron chi connectivity index (χ3n) is 3.97. The summed E-state index contributed by atoms with van der Waals surface area (Å²) in [6.45, 7) is 1.70. The van der Waals surface area contributed by atoms with Crippen molar-refractivity contribution in [2.24, 2.45) is 5.92 Å². The Kier molecular flexibility index (Phi) is 3.14. The molecule has 1 saturated carbocycles. The monoisotopic (exact) mass is 280 g/mol. The Hall–Kier alpha value is -1.47. The van der Waals surface area contributed by atoms with E-state index in [-0.39, 0.29) is 25.8 Å². The van der Waals surface area contributed by atoms with E-state index in [0.717, 1.165) is 0 Å². The van der Waals surface area contributed by atoms with E-state index >= 15 is 0 Å². The molecule has 2 rings (SSSR count). The molecule has 2 aliphatic rings. The summed E-state index contributed by atoms with van der Waals surface area (Å²) in [5.41, 5.74) is -2.11. The fourth-order valence-corrected chi connectivity index (χ4v) is 2.44. The Morgan fingerprint density at radius 2 is 1.95 bits per heavy atom. The number of amides is 2. The highest BCUT2D eigenvalue weighted by Crippen LogP contribution is 2.49. The zero-order valence-electron chi connectivity index (χ0n) is 10.3. The lowest BCUT2D eigenvalue weighted by atomic mass is 10.0. The lowest BCUT2D eigenvalue weighted by molar-refractivity contribution is -0.163. The maximum absolute atomic E-state index is 12.7. The summed E-state index contributed by atoms with van der Waals surface area (Å²) in [7, 11) is 0. The van der Waals surface area contributed by atoms with Crippen molar-refractivity contribution in [1.29, 1.82) is 0 Å². The molecule has 0 aromatic rings. The fraction of sp³-hybridized carbons (Fsp3) is 0.818. The Morgan fingerprint density at radius 3 is 2.32 bits per heavy atom. The first-order chi connectivity index (χ1) is 8.68. The molecule has 0 aromatic carbocycles. The summed E-state index contributed by atoms with van der Waals surface area (Å²) in [5, 5.41) is 10.9. The fourth-order valence-electron chi connectivity index (χ4n) is 2.44. The number of rotatable bonds is 2. The Bertz CT molecular complexity index is 406. The molecule has 19 heavy (non-hydrogen) atoms. The second-order valence-corrected chi connectivity index (χ2v) is 5.18. The molecule has 2 N–H and O–H groups in total. The van der Waals surface area contributed by atoms with Crippen LogP contribution in [0.3, 0.4) is 0 Å². The molecule has 1 aliphatic carbocycles. The Morgan fingerprint density at radius 1 is 1.37 bits per heavy atom. The van der Waals surface area contributed by atoms with E-state index in [1.54, 1.807) is 6.92 Å². The van der Waals surface area contributed by atoms with Crippen molar-refractivity contribution in [3.63, 3.8) is 0 Å². The van der Waals surface area contributed by atoms with Gasteiger partial charge in [-0.05, 0) is 26.2 Å². The number of carbonyl (C=O) groups excluding carboxylic acids is 1. The number of nitrogens with one attached hydrogen (secondary N) is 1. The van der Waals surface area contributed by atoms with Crippen LogP contribution in [-0.4, -0.2) is 46.3 Å². The van der Waals surface area contributed by atoms with Crippen molar-refractivity contribution in [3.05, 3.63) is 0 Å². The lowest BCUT2D eigenvalue weighted by Crippen LogP contribution is -2.53. The highest BCUT2D eigenvalue weighted by atomic mass is 19.4. The average Bonchev–Trinajstić information content (AvgIpc) is 2.94. The SMILES string of the molecule is CC1C(C(=O)O)CCN1C(=O)NC1(C(F)(F)F)CC1. The van der Waals surface area contributed by atoms with Gasteiger partial charge in [-0.15, -0.1) is 0 Å². The minimum absolute atomic E-state index is 0.118. The van der Waals surface area contributed by atoms with Crippen molar-refractivity contribution < 1.29 is 27.9 Å². The van der Waals surface area contributed by atoms with Crippen LogP contribution in [-0.2, 0) is 4.79 Å². The number of halogens is 3. The van der Waals surface area contributed by atoms with Crippen LogP contribution < -0.4 is 5.32 Å². The van der Waals surface area contributed by atoms with E-state index in [1.807, 2.05) is 5.32 Å². The number of hydrogen-bond acceptors (Lipinski definition) is 2. The average molecular weight is 280 g/mol. The zero-order valence-corrected chi connectivity index (χ0v) is 10.3. The van der Waals surface area contributed by atoms with Crippen LogP contribution in [0.4, 0.5) is 18.0 Å². The summed E-state index contributed by atoms with van der Waals surface area (Å²) < 4.78 is 38.2. The Labute approximate surface area is 107 Å². The van der Waals surface area contributed by atoms with Crippen molar-refractivity contribution in [3.8, 4) is 0 Å². The van der Waals surface area contributed by atoms with Crippen molar-refractivity contribution >= 4 is 12.0 Å². The van der Waals surface area contributed by atoms with E-state index in [1.165, 1.54) is 4.90 Å². The maximum Gasteiger partial charge on any atom is 0.411 e. The number of aliphatic carboxylic acids is 1. The molecule has 0 aromatic heterocycles. The van der Waals surface area contributed by atoms with Crippen LogP contribution in [0.2, 0.25) is 0 Å². The van der Waals surface area contributed by atoms with Crippen molar-refractivity contribution in [2.75, 3.05) is 6.54 Å². The summed E-state index contributed by atoms with van der Waals surface area (Å²) in [4.78, 5) is 23.9. The topological polar surface area (TPSA) is 69.6 Å². The third-order valence-corrected chi connectivity index (χ3v) is 3.97. The van der Waals surface area contributed by atoms with Gasteiger partial charge in [-0.2, -0.15) is 13.2 Å². The van der Waals surface area contributed by atoms with Gasteiger partial charge in [-0.1, -0.05) is 0 Å². The first-order valence-corrected chi connectivity index (χ1v) is 6.06. The molecule has 2 amide bonds. The zero-order chi connectivity index (χ0) is 14.4. The van der Waals surface area contributed by atoms with Gasteiger partial charge < -0.3 is 15.3 Å². The second-order valence-electron chi connectivity index (χ2n) is 5.18. The molecular formula is C11H15F3N2O3. The van der Waals surface area contributed by atoms with Gasteiger partial charge in [-0.25, -0.2) is 4.79 Å². The summed E-state index contributed by atoms with van der Waals surface area (Å²) in [5.74, 6) is -1.74. The predicted octanol–water partition coefficient (Wildman–Crippen LogP) is 1.59. The summed E-state index contributed by atoms with van der Waals surface area (Å²) >= 11 is 0. The van der Waals surface area contributed by atoms with Crippen molar-refractivity contribution in [1.82, 2.24) is 10.2 Å². The Balaban J connectivity index is 2.01. The van der Waals surface area contributed by atoms with Crippen LogP contribution in [0.25, 0.3) is 0 Å². The number of nitrogens with zero attached hydrogens (tertiary/aromatic N) is 1. The van der Waals surface area contributed by atoms with Crippen molar-refractivity contribution in [2.45, 2.75) is 43.9 Å². The van der Waals surface area contributed by atoms with Gasteiger partial charge in [0, 0.05) is 12.6 Å². The molecule has 108 valence electrons. The van der Waals surface area contributed by atoms with E-state index in [9.17, 15) is 22.8 Å². The smallest absolute Gasteiger partial charge is 0.411 e. The van der Waals surface area contributed by atoms with Gasteiger partial charge >= 0.3 is 18.2 Å². The lowest BCUT2D eigenvalue weighted by Gasteiger charge is -2.28. The van der Waals surface area contributed by atoms with Crippen LogP contribution >= 0.6 is 0 Å². The number of hydrogen-bond donors (Lipinski definition) is 2. The first-order valence-electron chi connectivity index (χ1n) is 6.06. The summed E-state index contributed by atoms with van der Waals surface area (Å²) in [6.07, 6.45) is -4.43. The number of alkyl halides is 3. The quantitative estimate of drug-likeness (QED) is 0.807. The van der Waals surface area contributed by atoms with Crippen LogP contribution in [0.5, 0.6) is 0 Å². The highest BCUT2D eigenvalue weighted by Gasteiger charge is 2.64. The molecule has 2 fully saturated rings. The molecule has 1 heterocycles. The van der Waals surface area contributed by atoms with Gasteiger partial charge in [-0.3, -0.25) is 4.79 Å². The van der Waals surface area contributed by atoms with Gasteiger partial charge in [0.1, 0.15) is 5.54 Å².